The lowest BCUT2D eigenvalue weighted by molar-refractivity contribution is -0.123. The number of fused-ring (bicyclic) bond motifs is 1. The van der Waals surface area contributed by atoms with E-state index in [2.05, 4.69) is 5.32 Å². The number of ether oxygens (including phenoxy) is 1. The summed E-state index contributed by atoms with van der Waals surface area (Å²) in [6.45, 7) is 5.67. The van der Waals surface area contributed by atoms with E-state index in [1.54, 1.807) is 0 Å². The summed E-state index contributed by atoms with van der Waals surface area (Å²) in [5, 5.41) is 3.83. The van der Waals surface area contributed by atoms with Crippen molar-refractivity contribution in [3.63, 3.8) is 0 Å². The number of amides is 1. The fourth-order valence-corrected chi connectivity index (χ4v) is 2.81. The Morgan fingerprint density at radius 3 is 2.83 bits per heavy atom. The van der Waals surface area contributed by atoms with Crippen molar-refractivity contribution >= 4 is 16.9 Å². The first-order valence-corrected chi connectivity index (χ1v) is 7.92. The van der Waals surface area contributed by atoms with E-state index in [1.165, 1.54) is 18.9 Å². The lowest BCUT2D eigenvalue weighted by Crippen LogP contribution is -2.37. The summed E-state index contributed by atoms with van der Waals surface area (Å²) >= 11 is 0. The smallest absolute Gasteiger partial charge is 0.336 e. The molecule has 1 aromatic carbocycles. The monoisotopic (exact) mass is 315 g/mol. The van der Waals surface area contributed by atoms with E-state index in [4.69, 9.17) is 9.15 Å². The van der Waals surface area contributed by atoms with Crippen LogP contribution in [0.3, 0.4) is 0 Å². The molecule has 5 nitrogen and oxygen atoms in total. The van der Waals surface area contributed by atoms with Gasteiger partial charge in [0.2, 0.25) is 0 Å². The van der Waals surface area contributed by atoms with E-state index in [-0.39, 0.29) is 24.2 Å². The van der Waals surface area contributed by atoms with Crippen molar-refractivity contribution < 1.29 is 13.9 Å². The predicted molar refractivity (Wildman–Crippen MR) is 87.8 cm³/mol. The molecule has 0 saturated heterocycles. The molecule has 1 aliphatic rings. The van der Waals surface area contributed by atoms with Crippen LogP contribution in [0.2, 0.25) is 0 Å². The lowest BCUT2D eigenvalue weighted by atomic mass is 10.1. The molecular formula is C18H21NO4. The van der Waals surface area contributed by atoms with Crippen LogP contribution in [-0.2, 0) is 4.79 Å². The van der Waals surface area contributed by atoms with E-state index < -0.39 is 0 Å². The Morgan fingerprint density at radius 1 is 1.39 bits per heavy atom. The normalized spacial score (nSPS) is 15.4. The second-order valence-electron chi connectivity index (χ2n) is 6.30. The van der Waals surface area contributed by atoms with Gasteiger partial charge in [-0.25, -0.2) is 4.79 Å². The van der Waals surface area contributed by atoms with Gasteiger partial charge in [-0.3, -0.25) is 4.79 Å². The van der Waals surface area contributed by atoms with Gasteiger partial charge in [-0.2, -0.15) is 0 Å². The number of carbonyl (C=O) groups is 1. The number of nitrogens with one attached hydrogen (secondary N) is 1. The van der Waals surface area contributed by atoms with Crippen LogP contribution < -0.4 is 15.7 Å². The largest absolute Gasteiger partial charge is 0.483 e. The maximum absolute atomic E-state index is 11.9. The van der Waals surface area contributed by atoms with Gasteiger partial charge in [-0.15, -0.1) is 0 Å². The highest BCUT2D eigenvalue weighted by molar-refractivity contribution is 5.85. The van der Waals surface area contributed by atoms with Crippen molar-refractivity contribution in [1.82, 2.24) is 5.32 Å². The minimum atomic E-state index is -0.383. The summed E-state index contributed by atoms with van der Waals surface area (Å²) < 4.78 is 10.9. The Labute approximate surface area is 134 Å². The van der Waals surface area contributed by atoms with Gasteiger partial charge in [0.15, 0.2) is 6.61 Å². The van der Waals surface area contributed by atoms with Crippen molar-refractivity contribution in [2.24, 2.45) is 5.92 Å². The van der Waals surface area contributed by atoms with E-state index in [1.807, 2.05) is 32.9 Å². The van der Waals surface area contributed by atoms with Gasteiger partial charge in [0.1, 0.15) is 11.3 Å². The Balaban J connectivity index is 1.74. The summed E-state index contributed by atoms with van der Waals surface area (Å²) in [5.74, 6) is 1.04. The van der Waals surface area contributed by atoms with Crippen LogP contribution in [0, 0.1) is 19.8 Å². The molecule has 0 spiro atoms. The molecule has 1 saturated carbocycles. The van der Waals surface area contributed by atoms with Gasteiger partial charge in [0.05, 0.1) is 0 Å². The quantitative estimate of drug-likeness (QED) is 0.861. The standard InChI is InChI=1S/C18H21NO4/c1-10-8-17(21)23-18-11(2)15(7-6-14(10)18)22-9-16(20)19-12(3)13-4-5-13/h6-8,12-13H,4-5,9H2,1-3H3,(H,19,20)/t12-/m1/s1. The maximum Gasteiger partial charge on any atom is 0.336 e. The maximum atomic E-state index is 11.9. The van der Waals surface area contributed by atoms with Gasteiger partial charge < -0.3 is 14.5 Å². The molecule has 1 fully saturated rings. The van der Waals surface area contributed by atoms with Gasteiger partial charge in [0, 0.05) is 23.1 Å². The molecule has 1 N–H and O–H groups in total. The molecule has 23 heavy (non-hydrogen) atoms. The molecule has 5 heteroatoms. The molecule has 1 amide bonds. The number of aryl methyl sites for hydroxylation is 2. The highest BCUT2D eigenvalue weighted by atomic mass is 16.5. The second-order valence-corrected chi connectivity index (χ2v) is 6.30. The third kappa shape index (κ3) is 3.38. The third-order valence-corrected chi connectivity index (χ3v) is 4.39. The molecule has 122 valence electrons. The first-order chi connectivity index (χ1) is 11.0. The van der Waals surface area contributed by atoms with Gasteiger partial charge in [-0.1, -0.05) is 0 Å². The second kappa shape index (κ2) is 6.07. The molecule has 1 atom stereocenters. The average molecular weight is 315 g/mol. The Morgan fingerprint density at radius 2 is 2.13 bits per heavy atom. The summed E-state index contributed by atoms with van der Waals surface area (Å²) in [7, 11) is 0. The predicted octanol–water partition coefficient (Wildman–Crippen LogP) is 2.70. The van der Waals surface area contributed by atoms with Crippen molar-refractivity contribution in [3.05, 3.63) is 39.7 Å². The first kappa shape index (κ1) is 15.6. The van der Waals surface area contributed by atoms with Crippen LogP contribution in [0.4, 0.5) is 0 Å². The van der Waals surface area contributed by atoms with Crippen molar-refractivity contribution in [2.45, 2.75) is 39.7 Å². The van der Waals surface area contributed by atoms with Gasteiger partial charge in [-0.05, 0) is 57.2 Å². The van der Waals surface area contributed by atoms with Crippen LogP contribution in [0.15, 0.2) is 27.4 Å². The molecule has 2 aromatic rings. The number of carbonyl (C=O) groups excluding carboxylic acids is 1. The molecule has 0 unspecified atom stereocenters. The summed E-state index contributed by atoms with van der Waals surface area (Å²) in [6.07, 6.45) is 2.37. The number of hydrogen-bond acceptors (Lipinski definition) is 4. The molecule has 0 bridgehead atoms. The highest BCUT2D eigenvalue weighted by Gasteiger charge is 2.28. The summed E-state index contributed by atoms with van der Waals surface area (Å²) in [4.78, 5) is 23.5. The minimum absolute atomic E-state index is 0.0422. The fourth-order valence-electron chi connectivity index (χ4n) is 2.81. The lowest BCUT2D eigenvalue weighted by Gasteiger charge is -2.14. The van der Waals surface area contributed by atoms with Crippen LogP contribution in [-0.4, -0.2) is 18.6 Å². The Bertz CT molecular complexity index is 805. The number of rotatable bonds is 5. The topological polar surface area (TPSA) is 68.5 Å². The Hall–Kier alpha value is -2.30. The van der Waals surface area contributed by atoms with Crippen LogP contribution >= 0.6 is 0 Å². The van der Waals surface area contributed by atoms with Crippen LogP contribution in [0.1, 0.15) is 30.9 Å². The van der Waals surface area contributed by atoms with Crippen molar-refractivity contribution in [2.75, 3.05) is 6.61 Å². The van der Waals surface area contributed by atoms with E-state index in [0.29, 0.717) is 17.3 Å². The summed E-state index contributed by atoms with van der Waals surface area (Å²) in [5.41, 5.74) is 1.72. The van der Waals surface area contributed by atoms with Gasteiger partial charge >= 0.3 is 5.63 Å². The van der Waals surface area contributed by atoms with Gasteiger partial charge in [0.25, 0.3) is 5.91 Å². The molecule has 0 radical (unpaired) electrons. The number of hydrogen-bond donors (Lipinski definition) is 1. The molecule has 1 aliphatic carbocycles. The third-order valence-electron chi connectivity index (χ3n) is 4.39. The highest BCUT2D eigenvalue weighted by Crippen LogP contribution is 2.32. The first-order valence-electron chi connectivity index (χ1n) is 7.92. The molecule has 0 aliphatic heterocycles. The zero-order valence-electron chi connectivity index (χ0n) is 13.6. The summed E-state index contributed by atoms with van der Waals surface area (Å²) in [6, 6.07) is 5.32. The average Bonchev–Trinajstić information content (AvgIpc) is 3.32. The zero-order valence-corrected chi connectivity index (χ0v) is 13.6. The van der Waals surface area contributed by atoms with E-state index >= 15 is 0 Å². The van der Waals surface area contributed by atoms with Crippen molar-refractivity contribution in [1.29, 1.82) is 0 Å². The SMILES string of the molecule is Cc1cc(=O)oc2c(C)c(OCC(=O)N[C@H](C)C3CC3)ccc12. The molecule has 1 aromatic heterocycles. The zero-order chi connectivity index (χ0) is 16.6. The Kier molecular flexibility index (Phi) is 4.11. The molecule has 1 heterocycles. The number of benzene rings is 1. The van der Waals surface area contributed by atoms with Crippen molar-refractivity contribution in [3.8, 4) is 5.75 Å². The fraction of sp³-hybridized carbons (Fsp3) is 0.444. The van der Waals surface area contributed by atoms with Crippen LogP contribution in [0.25, 0.3) is 11.0 Å². The minimum Gasteiger partial charge on any atom is -0.483 e. The molecular weight excluding hydrogens is 294 g/mol. The van der Waals surface area contributed by atoms with E-state index in [9.17, 15) is 9.59 Å². The molecule has 3 rings (SSSR count). The van der Waals surface area contributed by atoms with Crippen LogP contribution in [0.5, 0.6) is 5.75 Å². The van der Waals surface area contributed by atoms with E-state index in [0.717, 1.165) is 16.5 Å².